The molecule has 0 aliphatic heterocycles. The zero-order chi connectivity index (χ0) is 14.9. The summed E-state index contributed by atoms with van der Waals surface area (Å²) in [5.74, 6) is 1.17. The van der Waals surface area contributed by atoms with Gasteiger partial charge in [0, 0.05) is 18.5 Å². The molecular weight excluding hydrogens is 246 g/mol. The van der Waals surface area contributed by atoms with Crippen LogP contribution in [-0.2, 0) is 13.0 Å². The number of aromatic nitrogens is 2. The molecule has 2 rings (SSSR count). The van der Waals surface area contributed by atoms with E-state index in [1.165, 1.54) is 35.3 Å². The first kappa shape index (κ1) is 15.0. The number of aryl methyl sites for hydroxylation is 3. The molecule has 0 amide bonds. The fraction of sp³-hybridized carbons (Fsp3) is 0.588. The Kier molecular flexibility index (Phi) is 4.19. The quantitative estimate of drug-likeness (QED) is 0.902. The largest absolute Gasteiger partial charge is 0.326 e. The highest BCUT2D eigenvalue weighted by atomic mass is 15.1. The Hall–Kier alpha value is -1.35. The molecule has 0 bridgehead atoms. The molecule has 110 valence electrons. The van der Waals surface area contributed by atoms with Gasteiger partial charge in [-0.25, -0.2) is 4.98 Å². The minimum atomic E-state index is -0.229. The summed E-state index contributed by atoms with van der Waals surface area (Å²) in [6.07, 6.45) is 3.39. The van der Waals surface area contributed by atoms with Gasteiger partial charge in [0.2, 0.25) is 0 Å². The molecule has 1 heterocycles. The first-order valence-electron chi connectivity index (χ1n) is 7.57. The lowest BCUT2D eigenvalue weighted by atomic mass is 10.1. The first-order valence-corrected chi connectivity index (χ1v) is 7.57. The summed E-state index contributed by atoms with van der Waals surface area (Å²) in [6.45, 7) is 11.5. The zero-order valence-electron chi connectivity index (χ0n) is 13.5. The third-order valence-corrected chi connectivity index (χ3v) is 3.76. The Morgan fingerprint density at radius 3 is 2.45 bits per heavy atom. The highest BCUT2D eigenvalue weighted by Crippen LogP contribution is 2.23. The summed E-state index contributed by atoms with van der Waals surface area (Å²) in [6, 6.07) is 4.44. The van der Waals surface area contributed by atoms with Gasteiger partial charge in [-0.3, -0.25) is 0 Å². The molecule has 3 nitrogen and oxygen atoms in total. The van der Waals surface area contributed by atoms with Crippen molar-refractivity contribution < 1.29 is 0 Å². The molecular formula is C17H27N3. The van der Waals surface area contributed by atoms with Crippen molar-refractivity contribution in [3.8, 4) is 0 Å². The highest BCUT2D eigenvalue weighted by Gasteiger charge is 2.18. The second-order valence-corrected chi connectivity index (χ2v) is 6.63. The highest BCUT2D eigenvalue weighted by molar-refractivity contribution is 5.78. The van der Waals surface area contributed by atoms with Crippen LogP contribution in [0.2, 0.25) is 0 Å². The molecule has 0 aliphatic carbocycles. The third-order valence-electron chi connectivity index (χ3n) is 3.76. The molecule has 0 saturated heterocycles. The molecule has 0 radical (unpaired) electrons. The van der Waals surface area contributed by atoms with Gasteiger partial charge in [0.15, 0.2) is 0 Å². The average molecular weight is 273 g/mol. The lowest BCUT2D eigenvalue weighted by Gasteiger charge is -2.21. The van der Waals surface area contributed by atoms with Crippen LogP contribution < -0.4 is 5.73 Å². The van der Waals surface area contributed by atoms with Crippen molar-refractivity contribution in [1.82, 2.24) is 9.55 Å². The van der Waals surface area contributed by atoms with Gasteiger partial charge < -0.3 is 10.3 Å². The average Bonchev–Trinajstić information content (AvgIpc) is 2.63. The fourth-order valence-corrected chi connectivity index (χ4v) is 2.54. The van der Waals surface area contributed by atoms with Crippen molar-refractivity contribution in [3.05, 3.63) is 29.1 Å². The van der Waals surface area contributed by atoms with Crippen LogP contribution in [-0.4, -0.2) is 15.1 Å². The van der Waals surface area contributed by atoms with Crippen LogP contribution >= 0.6 is 0 Å². The normalized spacial score (nSPS) is 12.3. The van der Waals surface area contributed by atoms with Crippen LogP contribution in [0, 0.1) is 13.8 Å². The summed E-state index contributed by atoms with van der Waals surface area (Å²) in [4.78, 5) is 4.84. The van der Waals surface area contributed by atoms with E-state index in [1.54, 1.807) is 0 Å². The summed E-state index contributed by atoms with van der Waals surface area (Å²) >= 11 is 0. The molecule has 1 aromatic heterocycles. The third kappa shape index (κ3) is 3.21. The monoisotopic (exact) mass is 273 g/mol. The SMILES string of the molecule is CCCCc1nc2cc(C)c(C)cc2n1CC(C)(C)N. The Labute approximate surface area is 122 Å². The van der Waals surface area contributed by atoms with Crippen molar-refractivity contribution in [2.45, 2.75) is 66.0 Å². The maximum atomic E-state index is 6.23. The van der Waals surface area contributed by atoms with Gasteiger partial charge in [-0.1, -0.05) is 13.3 Å². The van der Waals surface area contributed by atoms with Crippen LogP contribution in [0.25, 0.3) is 11.0 Å². The zero-order valence-corrected chi connectivity index (χ0v) is 13.5. The number of fused-ring (bicyclic) bond motifs is 1. The smallest absolute Gasteiger partial charge is 0.109 e. The molecule has 0 spiro atoms. The number of imidazole rings is 1. The Bertz CT molecular complexity index is 603. The van der Waals surface area contributed by atoms with Crippen LogP contribution in [0.4, 0.5) is 0 Å². The van der Waals surface area contributed by atoms with Gasteiger partial charge in [-0.05, 0) is 57.4 Å². The number of nitrogens with zero attached hydrogens (tertiary/aromatic N) is 2. The molecule has 1 aromatic carbocycles. The maximum absolute atomic E-state index is 6.23. The van der Waals surface area contributed by atoms with Crippen molar-refractivity contribution >= 4 is 11.0 Å². The summed E-state index contributed by atoms with van der Waals surface area (Å²) in [7, 11) is 0. The van der Waals surface area contributed by atoms with E-state index in [0.29, 0.717) is 0 Å². The van der Waals surface area contributed by atoms with E-state index >= 15 is 0 Å². The molecule has 0 fully saturated rings. The lowest BCUT2D eigenvalue weighted by Crippen LogP contribution is -2.37. The van der Waals surface area contributed by atoms with Crippen molar-refractivity contribution in [1.29, 1.82) is 0 Å². The Balaban J connectivity index is 2.55. The van der Waals surface area contributed by atoms with E-state index < -0.39 is 0 Å². The molecule has 0 aliphatic rings. The van der Waals surface area contributed by atoms with E-state index in [2.05, 4.69) is 51.3 Å². The van der Waals surface area contributed by atoms with Crippen molar-refractivity contribution in [3.63, 3.8) is 0 Å². The Morgan fingerprint density at radius 1 is 1.20 bits per heavy atom. The predicted octanol–water partition coefficient (Wildman–Crippen LogP) is 3.73. The van der Waals surface area contributed by atoms with Crippen molar-refractivity contribution in [2.75, 3.05) is 0 Å². The first-order chi connectivity index (χ1) is 9.31. The number of unbranched alkanes of at least 4 members (excludes halogenated alkanes) is 1. The van der Waals surface area contributed by atoms with Gasteiger partial charge in [0.25, 0.3) is 0 Å². The van der Waals surface area contributed by atoms with Gasteiger partial charge in [0.05, 0.1) is 11.0 Å². The molecule has 3 heteroatoms. The molecule has 2 aromatic rings. The number of benzene rings is 1. The van der Waals surface area contributed by atoms with Gasteiger partial charge >= 0.3 is 0 Å². The van der Waals surface area contributed by atoms with Gasteiger partial charge in [0.1, 0.15) is 5.82 Å². The molecule has 2 N–H and O–H groups in total. The Morgan fingerprint density at radius 2 is 1.85 bits per heavy atom. The van der Waals surface area contributed by atoms with E-state index in [1.807, 2.05) is 0 Å². The van der Waals surface area contributed by atoms with Crippen LogP contribution in [0.3, 0.4) is 0 Å². The van der Waals surface area contributed by atoms with E-state index in [0.717, 1.165) is 18.5 Å². The minimum Gasteiger partial charge on any atom is -0.326 e. The number of hydrogen-bond donors (Lipinski definition) is 1. The lowest BCUT2D eigenvalue weighted by molar-refractivity contribution is 0.430. The van der Waals surface area contributed by atoms with Crippen LogP contribution in [0.15, 0.2) is 12.1 Å². The van der Waals surface area contributed by atoms with Crippen LogP contribution in [0.1, 0.15) is 50.6 Å². The second-order valence-electron chi connectivity index (χ2n) is 6.63. The molecule has 0 saturated carbocycles. The molecule has 0 atom stereocenters. The summed E-state index contributed by atoms with van der Waals surface area (Å²) in [5, 5.41) is 0. The minimum absolute atomic E-state index is 0.229. The van der Waals surface area contributed by atoms with Gasteiger partial charge in [-0.2, -0.15) is 0 Å². The predicted molar refractivity (Wildman–Crippen MR) is 86.1 cm³/mol. The van der Waals surface area contributed by atoms with Crippen molar-refractivity contribution in [2.24, 2.45) is 5.73 Å². The standard InChI is InChI=1S/C17H27N3/c1-6-7-8-16-19-14-9-12(2)13(3)10-15(14)20(16)11-17(4,5)18/h9-10H,6-8,11,18H2,1-5H3. The summed E-state index contributed by atoms with van der Waals surface area (Å²) in [5.41, 5.74) is 10.9. The van der Waals surface area contributed by atoms with Gasteiger partial charge in [-0.15, -0.1) is 0 Å². The number of hydrogen-bond acceptors (Lipinski definition) is 2. The fourth-order valence-electron chi connectivity index (χ4n) is 2.54. The molecule has 20 heavy (non-hydrogen) atoms. The number of rotatable bonds is 5. The maximum Gasteiger partial charge on any atom is 0.109 e. The summed E-state index contributed by atoms with van der Waals surface area (Å²) < 4.78 is 2.32. The van der Waals surface area contributed by atoms with Crippen LogP contribution in [0.5, 0.6) is 0 Å². The molecule has 0 unspecified atom stereocenters. The topological polar surface area (TPSA) is 43.8 Å². The van der Waals surface area contributed by atoms with E-state index in [9.17, 15) is 0 Å². The second kappa shape index (κ2) is 5.57. The van der Waals surface area contributed by atoms with E-state index in [4.69, 9.17) is 10.7 Å². The number of nitrogens with two attached hydrogens (primary N) is 1. The van der Waals surface area contributed by atoms with E-state index in [-0.39, 0.29) is 5.54 Å².